The Morgan fingerprint density at radius 1 is 1.15 bits per heavy atom. The number of nitrogens with one attached hydrogen (secondary N) is 1. The topological polar surface area (TPSA) is 60.5 Å². The van der Waals surface area contributed by atoms with Gasteiger partial charge in [0.25, 0.3) is 5.91 Å². The van der Waals surface area contributed by atoms with E-state index in [1.807, 2.05) is 37.3 Å². The van der Waals surface area contributed by atoms with E-state index in [0.29, 0.717) is 34.0 Å². The van der Waals surface area contributed by atoms with Crippen LogP contribution in [0.3, 0.4) is 0 Å². The molecule has 0 saturated carbocycles. The molecule has 7 heteroatoms. The van der Waals surface area contributed by atoms with E-state index in [2.05, 4.69) is 10.3 Å². The standard InChI is InChI=1S/C19H17ClN2O3S/c1-2-24-14-3-5-15(6-4-14)25-18-11-13(9-10-21-18)12-22-19(23)16-7-8-17(20)26-16/h3-11H,2,12H2,1H3,(H,22,23). The molecule has 0 unspecified atom stereocenters. The van der Waals surface area contributed by atoms with Gasteiger partial charge in [-0.05, 0) is 55.0 Å². The summed E-state index contributed by atoms with van der Waals surface area (Å²) in [6, 6.07) is 14.4. The number of hydrogen-bond donors (Lipinski definition) is 1. The van der Waals surface area contributed by atoms with Crippen LogP contribution in [-0.2, 0) is 6.54 Å². The molecule has 3 aromatic rings. The number of amides is 1. The molecule has 0 fully saturated rings. The Bertz CT molecular complexity index is 881. The number of pyridine rings is 1. The van der Waals surface area contributed by atoms with Crippen molar-refractivity contribution in [1.29, 1.82) is 0 Å². The van der Waals surface area contributed by atoms with Gasteiger partial charge in [-0.3, -0.25) is 4.79 Å². The predicted molar refractivity (Wildman–Crippen MR) is 102 cm³/mol. The average molecular weight is 389 g/mol. The summed E-state index contributed by atoms with van der Waals surface area (Å²) < 4.78 is 11.7. The van der Waals surface area contributed by atoms with Crippen molar-refractivity contribution in [2.75, 3.05) is 6.61 Å². The van der Waals surface area contributed by atoms with Crippen molar-refractivity contribution < 1.29 is 14.3 Å². The first-order valence-electron chi connectivity index (χ1n) is 8.03. The van der Waals surface area contributed by atoms with Crippen LogP contribution in [0.25, 0.3) is 0 Å². The molecule has 0 aliphatic heterocycles. The number of thiophene rings is 1. The maximum Gasteiger partial charge on any atom is 0.261 e. The lowest BCUT2D eigenvalue weighted by Crippen LogP contribution is -2.21. The molecule has 3 rings (SSSR count). The maximum absolute atomic E-state index is 12.1. The summed E-state index contributed by atoms with van der Waals surface area (Å²) in [5.74, 6) is 1.75. The van der Waals surface area contributed by atoms with Gasteiger partial charge in [-0.25, -0.2) is 4.98 Å². The number of rotatable bonds is 7. The van der Waals surface area contributed by atoms with Gasteiger partial charge in [0.05, 0.1) is 15.8 Å². The summed E-state index contributed by atoms with van der Waals surface area (Å²) in [6.45, 7) is 2.93. The van der Waals surface area contributed by atoms with Crippen LogP contribution in [-0.4, -0.2) is 17.5 Å². The van der Waals surface area contributed by atoms with Gasteiger partial charge in [0.15, 0.2) is 0 Å². The Morgan fingerprint density at radius 2 is 1.92 bits per heavy atom. The predicted octanol–water partition coefficient (Wildman–Crippen LogP) is 4.92. The van der Waals surface area contributed by atoms with Crippen LogP contribution in [0.1, 0.15) is 22.2 Å². The lowest BCUT2D eigenvalue weighted by atomic mass is 10.2. The highest BCUT2D eigenvalue weighted by Gasteiger charge is 2.09. The van der Waals surface area contributed by atoms with E-state index in [0.717, 1.165) is 11.3 Å². The third-order valence-corrected chi connectivity index (χ3v) is 4.64. The Balaban J connectivity index is 1.60. The van der Waals surface area contributed by atoms with E-state index in [4.69, 9.17) is 21.1 Å². The smallest absolute Gasteiger partial charge is 0.261 e. The van der Waals surface area contributed by atoms with Crippen LogP contribution in [0.2, 0.25) is 4.34 Å². The summed E-state index contributed by atoms with van der Waals surface area (Å²) in [4.78, 5) is 16.9. The highest BCUT2D eigenvalue weighted by molar-refractivity contribution is 7.17. The van der Waals surface area contributed by atoms with Crippen LogP contribution in [0.5, 0.6) is 17.4 Å². The number of aromatic nitrogens is 1. The van der Waals surface area contributed by atoms with Crippen LogP contribution in [0.15, 0.2) is 54.7 Å². The number of carbonyl (C=O) groups is 1. The van der Waals surface area contributed by atoms with Crippen LogP contribution < -0.4 is 14.8 Å². The van der Waals surface area contributed by atoms with Crippen molar-refractivity contribution in [3.8, 4) is 17.4 Å². The van der Waals surface area contributed by atoms with Gasteiger partial charge in [-0.1, -0.05) is 11.6 Å². The third kappa shape index (κ3) is 4.97. The largest absolute Gasteiger partial charge is 0.494 e. The molecule has 0 atom stereocenters. The van der Waals surface area contributed by atoms with Crippen molar-refractivity contribution in [3.63, 3.8) is 0 Å². The molecule has 26 heavy (non-hydrogen) atoms. The van der Waals surface area contributed by atoms with E-state index in [-0.39, 0.29) is 5.91 Å². The van der Waals surface area contributed by atoms with Gasteiger partial charge in [-0.15, -0.1) is 11.3 Å². The molecule has 0 bridgehead atoms. The highest BCUT2D eigenvalue weighted by atomic mass is 35.5. The van der Waals surface area contributed by atoms with Crippen molar-refractivity contribution >= 4 is 28.8 Å². The number of halogens is 1. The summed E-state index contributed by atoms with van der Waals surface area (Å²) in [5, 5.41) is 2.85. The second-order valence-electron chi connectivity index (χ2n) is 5.30. The zero-order valence-corrected chi connectivity index (χ0v) is 15.6. The van der Waals surface area contributed by atoms with Gasteiger partial charge >= 0.3 is 0 Å². The van der Waals surface area contributed by atoms with Crippen molar-refractivity contribution in [3.05, 3.63) is 69.5 Å². The molecule has 134 valence electrons. The minimum absolute atomic E-state index is 0.160. The molecule has 0 aliphatic rings. The number of nitrogens with zero attached hydrogens (tertiary/aromatic N) is 1. The minimum Gasteiger partial charge on any atom is -0.494 e. The normalized spacial score (nSPS) is 10.4. The highest BCUT2D eigenvalue weighted by Crippen LogP contribution is 2.23. The maximum atomic E-state index is 12.1. The molecular formula is C19H17ClN2O3S. The Kier molecular flexibility index (Phi) is 6.09. The molecule has 0 saturated heterocycles. The summed E-state index contributed by atoms with van der Waals surface area (Å²) in [7, 11) is 0. The van der Waals surface area contributed by atoms with Gasteiger partial charge < -0.3 is 14.8 Å². The summed E-state index contributed by atoms with van der Waals surface area (Å²) >= 11 is 7.10. The Morgan fingerprint density at radius 3 is 2.62 bits per heavy atom. The summed E-state index contributed by atoms with van der Waals surface area (Å²) in [5.41, 5.74) is 0.886. The molecule has 0 spiro atoms. The lowest BCUT2D eigenvalue weighted by molar-refractivity contribution is 0.0955. The molecule has 5 nitrogen and oxygen atoms in total. The molecular weight excluding hydrogens is 372 g/mol. The molecule has 0 aliphatic carbocycles. The van der Waals surface area contributed by atoms with Crippen molar-refractivity contribution in [1.82, 2.24) is 10.3 Å². The van der Waals surface area contributed by atoms with E-state index in [1.165, 1.54) is 11.3 Å². The fraction of sp³-hybridized carbons (Fsp3) is 0.158. The van der Waals surface area contributed by atoms with Crippen molar-refractivity contribution in [2.24, 2.45) is 0 Å². The molecule has 1 N–H and O–H groups in total. The quantitative estimate of drug-likeness (QED) is 0.624. The monoisotopic (exact) mass is 388 g/mol. The Labute approximate surface area is 160 Å². The first-order valence-corrected chi connectivity index (χ1v) is 9.22. The zero-order valence-electron chi connectivity index (χ0n) is 14.1. The molecule has 2 aromatic heterocycles. The summed E-state index contributed by atoms with van der Waals surface area (Å²) in [6.07, 6.45) is 1.65. The van der Waals surface area contributed by atoms with E-state index in [1.54, 1.807) is 24.4 Å². The SMILES string of the molecule is CCOc1ccc(Oc2cc(CNC(=O)c3ccc(Cl)s3)ccn2)cc1. The van der Waals surface area contributed by atoms with E-state index in [9.17, 15) is 4.79 Å². The fourth-order valence-electron chi connectivity index (χ4n) is 2.21. The van der Waals surface area contributed by atoms with Crippen LogP contribution in [0.4, 0.5) is 0 Å². The van der Waals surface area contributed by atoms with E-state index >= 15 is 0 Å². The second kappa shape index (κ2) is 8.69. The van der Waals surface area contributed by atoms with Gasteiger partial charge in [0, 0.05) is 18.8 Å². The van der Waals surface area contributed by atoms with Gasteiger partial charge in [0.1, 0.15) is 11.5 Å². The van der Waals surface area contributed by atoms with Crippen molar-refractivity contribution in [2.45, 2.75) is 13.5 Å². The molecule has 1 aromatic carbocycles. The zero-order chi connectivity index (χ0) is 18.4. The first kappa shape index (κ1) is 18.2. The molecule has 2 heterocycles. The number of benzene rings is 1. The van der Waals surface area contributed by atoms with Gasteiger partial charge in [0.2, 0.25) is 5.88 Å². The fourth-order valence-corrected chi connectivity index (χ4v) is 3.17. The lowest BCUT2D eigenvalue weighted by Gasteiger charge is -2.08. The Hall–Kier alpha value is -2.57. The van der Waals surface area contributed by atoms with Gasteiger partial charge in [-0.2, -0.15) is 0 Å². The molecule has 0 radical (unpaired) electrons. The third-order valence-electron chi connectivity index (χ3n) is 3.41. The minimum atomic E-state index is -0.160. The second-order valence-corrected chi connectivity index (χ2v) is 7.01. The first-order chi connectivity index (χ1) is 12.6. The number of hydrogen-bond acceptors (Lipinski definition) is 5. The average Bonchev–Trinajstić information content (AvgIpc) is 3.08. The van der Waals surface area contributed by atoms with Crippen LogP contribution >= 0.6 is 22.9 Å². The number of carbonyl (C=O) groups excluding carboxylic acids is 1. The molecule has 1 amide bonds. The van der Waals surface area contributed by atoms with Crippen LogP contribution in [0, 0.1) is 0 Å². The van der Waals surface area contributed by atoms with E-state index < -0.39 is 0 Å². The number of ether oxygens (including phenoxy) is 2.